The number of rotatable bonds is 5. The van der Waals surface area contributed by atoms with E-state index in [9.17, 15) is 14.4 Å². The van der Waals surface area contributed by atoms with Crippen LogP contribution in [0.4, 0.5) is 4.79 Å². The lowest BCUT2D eigenvalue weighted by Crippen LogP contribution is -2.33. The third kappa shape index (κ3) is 6.17. The van der Waals surface area contributed by atoms with Gasteiger partial charge in [0.05, 0.1) is 0 Å². The van der Waals surface area contributed by atoms with Crippen LogP contribution in [0, 0.1) is 0 Å². The number of aromatic amines is 1. The van der Waals surface area contributed by atoms with Gasteiger partial charge in [-0.25, -0.2) is 4.79 Å². The fourth-order valence-corrected chi connectivity index (χ4v) is 1.48. The summed E-state index contributed by atoms with van der Waals surface area (Å²) in [5, 5.41) is 2.58. The van der Waals surface area contributed by atoms with E-state index >= 15 is 0 Å². The number of nitrogens with one attached hydrogen (secondary N) is 2. The van der Waals surface area contributed by atoms with Gasteiger partial charge in [0, 0.05) is 30.8 Å². The normalized spacial score (nSPS) is 10.9. The summed E-state index contributed by atoms with van der Waals surface area (Å²) in [7, 11) is 0. The molecule has 0 atom stereocenters. The fraction of sp³-hybridized carbons (Fsp3) is 0.500. The van der Waals surface area contributed by atoms with Crippen molar-refractivity contribution in [2.75, 3.05) is 6.54 Å². The largest absolute Gasteiger partial charge is 0.444 e. The van der Waals surface area contributed by atoms with Crippen molar-refractivity contribution in [2.24, 2.45) is 0 Å². The van der Waals surface area contributed by atoms with Gasteiger partial charge in [0.1, 0.15) is 5.60 Å². The first kappa shape index (κ1) is 15.9. The molecule has 0 radical (unpaired) electrons. The second-order valence-electron chi connectivity index (χ2n) is 5.40. The van der Waals surface area contributed by atoms with Crippen molar-refractivity contribution in [3.05, 3.63) is 34.2 Å². The van der Waals surface area contributed by atoms with E-state index in [2.05, 4.69) is 10.3 Å². The molecular formula is C14H20N2O4. The molecule has 2 N–H and O–H groups in total. The second-order valence-corrected chi connectivity index (χ2v) is 5.40. The molecule has 1 aromatic rings. The molecular weight excluding hydrogens is 260 g/mol. The van der Waals surface area contributed by atoms with Gasteiger partial charge in [0.2, 0.25) is 5.56 Å². The van der Waals surface area contributed by atoms with Crippen LogP contribution >= 0.6 is 0 Å². The van der Waals surface area contributed by atoms with Crippen molar-refractivity contribution in [2.45, 2.75) is 39.2 Å². The number of Topliss-reactive ketones (excluding diaryl/α,β-unsaturated/α-hetero) is 1. The molecule has 0 unspecified atom stereocenters. The monoisotopic (exact) mass is 280 g/mol. The molecule has 0 fully saturated rings. The summed E-state index contributed by atoms with van der Waals surface area (Å²) in [6.07, 6.45) is 1.71. The van der Waals surface area contributed by atoms with Gasteiger partial charge < -0.3 is 15.0 Å². The Balaban J connectivity index is 2.27. The molecule has 0 aliphatic carbocycles. The van der Waals surface area contributed by atoms with Gasteiger partial charge in [-0.05, 0) is 33.3 Å². The van der Waals surface area contributed by atoms with Crippen molar-refractivity contribution in [1.82, 2.24) is 10.3 Å². The molecule has 110 valence electrons. The van der Waals surface area contributed by atoms with Crippen LogP contribution in [0.15, 0.2) is 23.1 Å². The first-order valence-corrected chi connectivity index (χ1v) is 6.47. The Morgan fingerprint density at radius 3 is 2.55 bits per heavy atom. The number of alkyl carbamates (subject to hydrolysis) is 1. The van der Waals surface area contributed by atoms with Crippen LogP contribution in [0.2, 0.25) is 0 Å². The maximum absolute atomic E-state index is 11.8. The molecule has 0 spiro atoms. The predicted octanol–water partition coefficient (Wildman–Crippen LogP) is 1.86. The summed E-state index contributed by atoms with van der Waals surface area (Å²) in [6.45, 7) is 5.72. The molecule has 0 aliphatic heterocycles. The topological polar surface area (TPSA) is 88.3 Å². The molecule has 1 heterocycles. The van der Waals surface area contributed by atoms with E-state index in [1.54, 1.807) is 20.8 Å². The Hall–Kier alpha value is -2.11. The van der Waals surface area contributed by atoms with E-state index < -0.39 is 11.7 Å². The van der Waals surface area contributed by atoms with Gasteiger partial charge in [0.25, 0.3) is 0 Å². The quantitative estimate of drug-likeness (QED) is 0.636. The van der Waals surface area contributed by atoms with Gasteiger partial charge in [-0.1, -0.05) is 0 Å². The van der Waals surface area contributed by atoms with Crippen LogP contribution in [0.1, 0.15) is 44.0 Å². The zero-order chi connectivity index (χ0) is 15.2. The maximum atomic E-state index is 11.8. The van der Waals surface area contributed by atoms with Gasteiger partial charge in [-0.2, -0.15) is 0 Å². The molecule has 6 nitrogen and oxygen atoms in total. The van der Waals surface area contributed by atoms with E-state index in [4.69, 9.17) is 4.74 Å². The molecule has 0 bridgehead atoms. The van der Waals surface area contributed by atoms with Gasteiger partial charge >= 0.3 is 6.09 Å². The first-order valence-electron chi connectivity index (χ1n) is 6.47. The number of pyridine rings is 1. The van der Waals surface area contributed by atoms with Crippen molar-refractivity contribution in [3.63, 3.8) is 0 Å². The molecule has 6 heteroatoms. The highest BCUT2D eigenvalue weighted by Crippen LogP contribution is 2.06. The van der Waals surface area contributed by atoms with Crippen LogP contribution < -0.4 is 10.9 Å². The molecule has 0 aromatic carbocycles. The number of ketones is 1. The minimum absolute atomic E-state index is 0.0766. The highest BCUT2D eigenvalue weighted by atomic mass is 16.6. The summed E-state index contributed by atoms with van der Waals surface area (Å²) < 4.78 is 5.07. The minimum Gasteiger partial charge on any atom is -0.444 e. The number of hydrogen-bond donors (Lipinski definition) is 2. The average molecular weight is 280 g/mol. The standard InChI is InChI=1S/C14H20N2O4/c1-14(2,3)20-13(19)15-8-4-5-11(17)10-6-7-12(18)16-9-10/h6-7,9H,4-5,8H2,1-3H3,(H,15,19)(H,16,18). The molecule has 1 rings (SSSR count). The zero-order valence-electron chi connectivity index (χ0n) is 12.0. The Morgan fingerprint density at radius 2 is 2.00 bits per heavy atom. The Kier molecular flexibility index (Phi) is 5.49. The molecule has 0 saturated carbocycles. The number of ether oxygens (including phenoxy) is 1. The van der Waals surface area contributed by atoms with E-state index in [0.29, 0.717) is 24.9 Å². The van der Waals surface area contributed by atoms with E-state index in [0.717, 1.165) is 0 Å². The van der Waals surface area contributed by atoms with E-state index in [-0.39, 0.29) is 11.3 Å². The van der Waals surface area contributed by atoms with Crippen LogP contribution in [-0.2, 0) is 4.74 Å². The van der Waals surface area contributed by atoms with Gasteiger partial charge in [-0.15, -0.1) is 0 Å². The minimum atomic E-state index is -0.532. The molecule has 0 aliphatic rings. The lowest BCUT2D eigenvalue weighted by molar-refractivity contribution is 0.0525. The number of H-pyrrole nitrogens is 1. The van der Waals surface area contributed by atoms with Crippen LogP contribution in [-0.4, -0.2) is 29.0 Å². The summed E-state index contributed by atoms with van der Waals surface area (Å²) in [4.78, 5) is 36.4. The van der Waals surface area contributed by atoms with Crippen LogP contribution in [0.5, 0.6) is 0 Å². The number of carbonyl (C=O) groups is 2. The van der Waals surface area contributed by atoms with E-state index in [1.165, 1.54) is 18.3 Å². The van der Waals surface area contributed by atoms with Gasteiger partial charge in [-0.3, -0.25) is 9.59 Å². The summed E-state index contributed by atoms with van der Waals surface area (Å²) in [5.74, 6) is -0.0766. The lowest BCUT2D eigenvalue weighted by Gasteiger charge is -2.19. The van der Waals surface area contributed by atoms with Crippen molar-refractivity contribution >= 4 is 11.9 Å². The fourth-order valence-electron chi connectivity index (χ4n) is 1.48. The lowest BCUT2D eigenvalue weighted by atomic mass is 10.1. The summed E-state index contributed by atoms with van der Waals surface area (Å²) in [5.41, 5.74) is -0.314. The number of amides is 1. The number of carbonyl (C=O) groups excluding carboxylic acids is 2. The van der Waals surface area contributed by atoms with Crippen molar-refractivity contribution < 1.29 is 14.3 Å². The summed E-state index contributed by atoms with van der Waals surface area (Å²) in [6, 6.07) is 2.80. The second kappa shape index (κ2) is 6.88. The third-order valence-electron chi connectivity index (χ3n) is 2.36. The van der Waals surface area contributed by atoms with E-state index in [1.807, 2.05) is 0 Å². The Bertz CT molecular complexity index is 508. The average Bonchev–Trinajstić information content (AvgIpc) is 2.33. The van der Waals surface area contributed by atoms with Crippen molar-refractivity contribution in [3.8, 4) is 0 Å². The number of aromatic nitrogens is 1. The van der Waals surface area contributed by atoms with Crippen LogP contribution in [0.25, 0.3) is 0 Å². The van der Waals surface area contributed by atoms with Crippen molar-refractivity contribution in [1.29, 1.82) is 0 Å². The highest BCUT2D eigenvalue weighted by molar-refractivity contribution is 5.95. The number of hydrogen-bond acceptors (Lipinski definition) is 4. The zero-order valence-corrected chi connectivity index (χ0v) is 12.0. The molecule has 20 heavy (non-hydrogen) atoms. The molecule has 0 saturated heterocycles. The maximum Gasteiger partial charge on any atom is 0.407 e. The van der Waals surface area contributed by atoms with Crippen LogP contribution in [0.3, 0.4) is 0 Å². The van der Waals surface area contributed by atoms with Gasteiger partial charge in [0.15, 0.2) is 5.78 Å². The Labute approximate surface area is 117 Å². The highest BCUT2D eigenvalue weighted by Gasteiger charge is 2.15. The SMILES string of the molecule is CC(C)(C)OC(=O)NCCCC(=O)c1ccc(=O)[nH]c1. The molecule has 1 aromatic heterocycles. The Morgan fingerprint density at radius 1 is 1.30 bits per heavy atom. The smallest absolute Gasteiger partial charge is 0.407 e. The predicted molar refractivity (Wildman–Crippen MR) is 74.9 cm³/mol. The molecule has 1 amide bonds. The first-order chi connectivity index (χ1) is 9.28. The summed E-state index contributed by atoms with van der Waals surface area (Å²) >= 11 is 0. The third-order valence-corrected chi connectivity index (χ3v) is 2.36.